The molecule has 7 heteroatoms. The lowest BCUT2D eigenvalue weighted by Gasteiger charge is -2.10. The predicted molar refractivity (Wildman–Crippen MR) is 85.5 cm³/mol. The average molecular weight is 366 g/mol. The molecule has 2 aromatic heterocycles. The minimum absolute atomic E-state index is 0.590. The van der Waals surface area contributed by atoms with E-state index in [0.717, 1.165) is 20.2 Å². The van der Waals surface area contributed by atoms with E-state index < -0.39 is 0 Å². The van der Waals surface area contributed by atoms with E-state index in [-0.39, 0.29) is 0 Å². The summed E-state index contributed by atoms with van der Waals surface area (Å²) in [6.07, 6.45) is 6.68. The molecule has 2 heterocycles. The van der Waals surface area contributed by atoms with E-state index in [4.69, 9.17) is 5.73 Å². The Kier molecular flexibility index (Phi) is 3.22. The van der Waals surface area contributed by atoms with Crippen molar-refractivity contribution in [1.29, 1.82) is 0 Å². The van der Waals surface area contributed by atoms with Crippen LogP contribution in [0.15, 0.2) is 20.9 Å². The highest BCUT2D eigenvalue weighted by Gasteiger charge is 2.36. The summed E-state index contributed by atoms with van der Waals surface area (Å²) in [7, 11) is 0. The molecule has 0 radical (unpaired) electrons. The van der Waals surface area contributed by atoms with Gasteiger partial charge in [-0.05, 0) is 65.9 Å². The van der Waals surface area contributed by atoms with Crippen LogP contribution in [0.5, 0.6) is 0 Å². The normalized spacial score (nSPS) is 18.2. The van der Waals surface area contributed by atoms with E-state index in [1.165, 1.54) is 31.5 Å². The largest absolute Gasteiger partial charge is 0.397 e. The Balaban J connectivity index is 1.70. The summed E-state index contributed by atoms with van der Waals surface area (Å²) in [5.41, 5.74) is 7.61. The molecular weight excluding hydrogens is 350 g/mol. The number of nitrogen functional groups attached to an aromatic ring is 1. The van der Waals surface area contributed by atoms with Crippen molar-refractivity contribution in [3.05, 3.63) is 22.1 Å². The maximum absolute atomic E-state index is 5.89. The number of halogens is 1. The summed E-state index contributed by atoms with van der Waals surface area (Å²) in [5.74, 6) is 1.79. The van der Waals surface area contributed by atoms with E-state index in [9.17, 15) is 0 Å². The van der Waals surface area contributed by atoms with E-state index in [2.05, 4.69) is 35.7 Å². The van der Waals surface area contributed by atoms with Gasteiger partial charge in [-0.15, -0.1) is 10.2 Å². The standard InChI is InChI=1S/C14H16BrN5S/c1-7-10(16)6-17-13(11(7)15)21-14-19-18-12(8-2-3-8)20(14)9-4-5-9/h6,8-9H,2-5,16H2,1H3. The van der Waals surface area contributed by atoms with Crippen LogP contribution in [-0.2, 0) is 0 Å². The molecule has 2 aliphatic rings. The number of rotatable bonds is 4. The molecule has 5 nitrogen and oxygen atoms in total. The molecule has 4 rings (SSSR count). The highest BCUT2D eigenvalue weighted by Crippen LogP contribution is 2.47. The summed E-state index contributed by atoms with van der Waals surface area (Å²) in [5, 5.41) is 10.7. The zero-order chi connectivity index (χ0) is 14.6. The first kappa shape index (κ1) is 13.6. The van der Waals surface area contributed by atoms with Gasteiger partial charge in [0.2, 0.25) is 0 Å². The molecule has 2 aromatic rings. The second kappa shape index (κ2) is 4.98. The van der Waals surface area contributed by atoms with Crippen LogP contribution in [0.3, 0.4) is 0 Å². The van der Waals surface area contributed by atoms with Gasteiger partial charge in [0.25, 0.3) is 0 Å². The van der Waals surface area contributed by atoms with Gasteiger partial charge in [-0.3, -0.25) is 0 Å². The minimum atomic E-state index is 0.590. The van der Waals surface area contributed by atoms with Crippen molar-refractivity contribution in [3.8, 4) is 0 Å². The molecule has 0 bridgehead atoms. The molecule has 110 valence electrons. The molecule has 0 aromatic carbocycles. The molecule has 0 spiro atoms. The van der Waals surface area contributed by atoms with Gasteiger partial charge in [0.1, 0.15) is 10.9 Å². The Morgan fingerprint density at radius 1 is 1.29 bits per heavy atom. The third-order valence-corrected chi connectivity index (χ3v) is 6.20. The van der Waals surface area contributed by atoms with Gasteiger partial charge in [0.15, 0.2) is 5.16 Å². The van der Waals surface area contributed by atoms with Gasteiger partial charge in [-0.2, -0.15) is 0 Å². The highest BCUT2D eigenvalue weighted by atomic mass is 79.9. The second-order valence-corrected chi connectivity index (χ2v) is 7.52. The van der Waals surface area contributed by atoms with Crippen molar-refractivity contribution >= 4 is 33.4 Å². The quantitative estimate of drug-likeness (QED) is 0.894. The molecule has 0 atom stereocenters. The lowest BCUT2D eigenvalue weighted by molar-refractivity contribution is 0.626. The predicted octanol–water partition coefficient (Wildman–Crippen LogP) is 3.69. The fraction of sp³-hybridized carbons (Fsp3) is 0.500. The van der Waals surface area contributed by atoms with Gasteiger partial charge in [-0.1, -0.05) is 0 Å². The van der Waals surface area contributed by atoms with E-state index in [1.54, 1.807) is 18.0 Å². The van der Waals surface area contributed by atoms with E-state index in [0.29, 0.717) is 17.6 Å². The van der Waals surface area contributed by atoms with Crippen molar-refractivity contribution in [2.45, 2.75) is 54.7 Å². The number of nitrogens with two attached hydrogens (primary N) is 1. The number of anilines is 1. The van der Waals surface area contributed by atoms with Crippen LogP contribution in [-0.4, -0.2) is 19.7 Å². The number of pyridine rings is 1. The van der Waals surface area contributed by atoms with Crippen LogP contribution in [0, 0.1) is 6.92 Å². The minimum Gasteiger partial charge on any atom is -0.397 e. The van der Waals surface area contributed by atoms with Gasteiger partial charge >= 0.3 is 0 Å². The lowest BCUT2D eigenvalue weighted by Crippen LogP contribution is -2.02. The van der Waals surface area contributed by atoms with Crippen molar-refractivity contribution in [2.75, 3.05) is 5.73 Å². The summed E-state index contributed by atoms with van der Waals surface area (Å²) in [6, 6.07) is 0.590. The topological polar surface area (TPSA) is 69.6 Å². The van der Waals surface area contributed by atoms with Gasteiger partial charge in [-0.25, -0.2) is 4.98 Å². The summed E-state index contributed by atoms with van der Waals surface area (Å²) < 4.78 is 3.29. The third-order valence-electron chi connectivity index (χ3n) is 4.00. The Morgan fingerprint density at radius 2 is 2.05 bits per heavy atom. The van der Waals surface area contributed by atoms with Crippen molar-refractivity contribution in [2.24, 2.45) is 0 Å². The molecule has 0 saturated heterocycles. The zero-order valence-corrected chi connectivity index (χ0v) is 14.1. The van der Waals surface area contributed by atoms with Crippen LogP contribution >= 0.6 is 27.7 Å². The second-order valence-electron chi connectivity index (χ2n) is 5.78. The molecule has 2 N–H and O–H groups in total. The Morgan fingerprint density at radius 3 is 2.71 bits per heavy atom. The maximum Gasteiger partial charge on any atom is 0.197 e. The maximum atomic E-state index is 5.89. The van der Waals surface area contributed by atoms with Crippen molar-refractivity contribution < 1.29 is 0 Å². The van der Waals surface area contributed by atoms with E-state index in [1.807, 2.05) is 6.92 Å². The average Bonchev–Trinajstić information content (AvgIpc) is 3.38. The number of nitrogens with zero attached hydrogens (tertiary/aromatic N) is 4. The fourth-order valence-corrected chi connectivity index (χ4v) is 3.90. The SMILES string of the molecule is Cc1c(N)cnc(Sc2nnc(C3CC3)n2C2CC2)c1Br. The first-order chi connectivity index (χ1) is 10.1. The van der Waals surface area contributed by atoms with Gasteiger partial charge in [0.05, 0.1) is 16.4 Å². The van der Waals surface area contributed by atoms with Crippen LogP contribution in [0.1, 0.15) is 49.0 Å². The summed E-state index contributed by atoms with van der Waals surface area (Å²) in [4.78, 5) is 4.43. The first-order valence-corrected chi connectivity index (χ1v) is 8.79. The third kappa shape index (κ3) is 2.46. The van der Waals surface area contributed by atoms with E-state index >= 15 is 0 Å². The Bertz CT molecular complexity index is 706. The van der Waals surface area contributed by atoms with Gasteiger partial charge in [0, 0.05) is 12.0 Å². The summed E-state index contributed by atoms with van der Waals surface area (Å²) >= 11 is 5.17. The number of aromatic nitrogens is 4. The molecule has 2 fully saturated rings. The molecule has 0 aliphatic heterocycles. The van der Waals surface area contributed by atoms with Crippen molar-refractivity contribution in [3.63, 3.8) is 0 Å². The van der Waals surface area contributed by atoms with Crippen molar-refractivity contribution in [1.82, 2.24) is 19.7 Å². The van der Waals surface area contributed by atoms with Crippen LogP contribution in [0.4, 0.5) is 5.69 Å². The molecule has 0 unspecified atom stereocenters. The number of hydrogen-bond acceptors (Lipinski definition) is 5. The monoisotopic (exact) mass is 365 g/mol. The highest BCUT2D eigenvalue weighted by molar-refractivity contribution is 9.10. The fourth-order valence-electron chi connectivity index (χ4n) is 2.38. The smallest absolute Gasteiger partial charge is 0.197 e. The molecule has 2 aliphatic carbocycles. The molecule has 21 heavy (non-hydrogen) atoms. The van der Waals surface area contributed by atoms with Crippen LogP contribution in [0.25, 0.3) is 0 Å². The molecule has 0 amide bonds. The Labute approximate surface area is 135 Å². The Hall–Kier alpha value is -1.08. The number of hydrogen-bond donors (Lipinski definition) is 1. The first-order valence-electron chi connectivity index (χ1n) is 7.18. The molecular formula is C14H16BrN5S. The lowest BCUT2D eigenvalue weighted by atomic mass is 10.3. The summed E-state index contributed by atoms with van der Waals surface area (Å²) in [6.45, 7) is 1.99. The van der Waals surface area contributed by atoms with Crippen LogP contribution < -0.4 is 5.73 Å². The van der Waals surface area contributed by atoms with Crippen LogP contribution in [0.2, 0.25) is 0 Å². The molecule has 2 saturated carbocycles. The zero-order valence-electron chi connectivity index (χ0n) is 11.7. The van der Waals surface area contributed by atoms with Gasteiger partial charge < -0.3 is 10.3 Å².